The van der Waals surface area contributed by atoms with Crippen LogP contribution in [0.2, 0.25) is 0 Å². The molecule has 0 aromatic carbocycles. The summed E-state index contributed by atoms with van der Waals surface area (Å²) >= 11 is 5.55. The molecule has 0 bridgehead atoms. The molecule has 94 valence electrons. The van der Waals surface area contributed by atoms with E-state index in [-0.39, 0.29) is 0 Å². The Morgan fingerprint density at radius 3 is 3.11 bits per heavy atom. The lowest BCUT2D eigenvalue weighted by Gasteiger charge is -2.35. The molecule has 1 unspecified atom stereocenters. The van der Waals surface area contributed by atoms with Crippen molar-refractivity contribution in [3.05, 3.63) is 44.2 Å². The molecule has 3 heterocycles. The normalized spacial score (nSPS) is 18.8. The van der Waals surface area contributed by atoms with Crippen LogP contribution in [0.25, 0.3) is 0 Å². The number of anilines is 1. The Kier molecular flexibility index (Phi) is 3.16. The highest BCUT2D eigenvalue weighted by atomic mass is 79.9. The van der Waals surface area contributed by atoms with Gasteiger partial charge >= 0.3 is 0 Å². The summed E-state index contributed by atoms with van der Waals surface area (Å²) in [4.78, 5) is 8.48. The Morgan fingerprint density at radius 2 is 2.28 bits per heavy atom. The highest BCUT2D eigenvalue weighted by molar-refractivity contribution is 9.10. The average molecular weight is 323 g/mol. The van der Waals surface area contributed by atoms with Crippen molar-refractivity contribution in [2.45, 2.75) is 26.3 Å². The van der Waals surface area contributed by atoms with E-state index in [0.717, 1.165) is 23.3 Å². The van der Waals surface area contributed by atoms with Crippen LogP contribution in [0.1, 0.15) is 29.0 Å². The largest absolute Gasteiger partial charge is 0.349 e. The molecule has 0 aliphatic carbocycles. The molecule has 2 aromatic heterocycles. The highest BCUT2D eigenvalue weighted by Gasteiger charge is 2.27. The number of aromatic nitrogens is 1. The van der Waals surface area contributed by atoms with Crippen LogP contribution in [0.4, 0.5) is 5.82 Å². The molecular formula is C14H15BrN2S. The van der Waals surface area contributed by atoms with Crippen LogP contribution >= 0.6 is 27.3 Å². The summed E-state index contributed by atoms with van der Waals surface area (Å²) in [5, 5.41) is 2.20. The van der Waals surface area contributed by atoms with E-state index >= 15 is 0 Å². The van der Waals surface area contributed by atoms with Gasteiger partial charge in [0, 0.05) is 17.6 Å². The lowest BCUT2D eigenvalue weighted by Crippen LogP contribution is -2.34. The molecule has 0 saturated heterocycles. The fourth-order valence-corrected chi connectivity index (χ4v) is 3.95. The third-order valence-electron chi connectivity index (χ3n) is 3.61. The summed E-state index contributed by atoms with van der Waals surface area (Å²) in [5.74, 6) is 1.07. The fourth-order valence-electron chi connectivity index (χ4n) is 2.52. The maximum Gasteiger partial charge on any atom is 0.143 e. The summed E-state index contributed by atoms with van der Waals surface area (Å²) in [6, 6.07) is 4.70. The number of nitrogens with zero attached hydrogens (tertiary/aromatic N) is 2. The van der Waals surface area contributed by atoms with Gasteiger partial charge in [0.15, 0.2) is 0 Å². The number of pyridine rings is 1. The predicted octanol–water partition coefficient (Wildman–Crippen LogP) is 4.34. The maximum absolute atomic E-state index is 4.55. The first-order chi connectivity index (χ1) is 8.68. The first kappa shape index (κ1) is 12.2. The third-order valence-corrected chi connectivity index (χ3v) is 5.59. The monoisotopic (exact) mass is 322 g/mol. The Morgan fingerprint density at radius 1 is 1.44 bits per heavy atom. The number of halogens is 1. The topological polar surface area (TPSA) is 16.1 Å². The molecule has 2 aromatic rings. The molecule has 0 spiro atoms. The van der Waals surface area contributed by atoms with Crippen LogP contribution in [-0.2, 0) is 6.42 Å². The van der Waals surface area contributed by atoms with E-state index in [1.54, 1.807) is 0 Å². The van der Waals surface area contributed by atoms with Crippen LogP contribution in [0.5, 0.6) is 0 Å². The molecule has 0 N–H and O–H groups in total. The predicted molar refractivity (Wildman–Crippen MR) is 80.5 cm³/mol. The minimum Gasteiger partial charge on any atom is -0.349 e. The average Bonchev–Trinajstić information content (AvgIpc) is 2.83. The molecule has 1 atom stereocenters. The molecule has 0 radical (unpaired) electrons. The van der Waals surface area contributed by atoms with E-state index in [2.05, 4.69) is 51.1 Å². The molecule has 0 amide bonds. The van der Waals surface area contributed by atoms with Crippen LogP contribution in [0.3, 0.4) is 0 Å². The number of hydrogen-bond donors (Lipinski definition) is 0. The van der Waals surface area contributed by atoms with Crippen molar-refractivity contribution < 1.29 is 0 Å². The van der Waals surface area contributed by atoms with Crippen LogP contribution < -0.4 is 4.90 Å². The van der Waals surface area contributed by atoms with Gasteiger partial charge in [0.25, 0.3) is 0 Å². The number of hydrogen-bond acceptors (Lipinski definition) is 3. The number of aryl methyl sites for hydroxylation is 1. The van der Waals surface area contributed by atoms with Gasteiger partial charge in [0.2, 0.25) is 0 Å². The van der Waals surface area contributed by atoms with Crippen LogP contribution in [0, 0.1) is 6.92 Å². The molecule has 2 nitrogen and oxygen atoms in total. The van der Waals surface area contributed by atoms with E-state index in [1.807, 2.05) is 23.6 Å². The summed E-state index contributed by atoms with van der Waals surface area (Å²) in [7, 11) is 0. The fraction of sp³-hybridized carbons (Fsp3) is 0.357. The van der Waals surface area contributed by atoms with Crippen molar-refractivity contribution in [3.63, 3.8) is 0 Å². The quantitative estimate of drug-likeness (QED) is 0.776. The van der Waals surface area contributed by atoms with E-state index in [9.17, 15) is 0 Å². The minimum atomic E-state index is 0.408. The van der Waals surface area contributed by atoms with Gasteiger partial charge in [-0.2, -0.15) is 0 Å². The second-order valence-electron chi connectivity index (χ2n) is 4.68. The first-order valence-electron chi connectivity index (χ1n) is 6.12. The summed E-state index contributed by atoms with van der Waals surface area (Å²) in [6.45, 7) is 5.42. The van der Waals surface area contributed by atoms with Gasteiger partial charge in [-0.1, -0.05) is 0 Å². The molecule has 3 rings (SSSR count). The molecule has 1 aliphatic heterocycles. The summed E-state index contributed by atoms with van der Waals surface area (Å²) in [6.07, 6.45) is 3.02. The summed E-state index contributed by atoms with van der Waals surface area (Å²) in [5.41, 5.74) is 2.70. The lowest BCUT2D eigenvalue weighted by atomic mass is 10.0. The Labute approximate surface area is 120 Å². The molecule has 18 heavy (non-hydrogen) atoms. The second kappa shape index (κ2) is 4.67. The zero-order chi connectivity index (χ0) is 12.7. The number of fused-ring (bicyclic) bond motifs is 1. The van der Waals surface area contributed by atoms with E-state index in [4.69, 9.17) is 0 Å². The lowest BCUT2D eigenvalue weighted by molar-refractivity contribution is 0.623. The number of thiophene rings is 1. The zero-order valence-corrected chi connectivity index (χ0v) is 12.9. The van der Waals surface area contributed by atoms with Crippen molar-refractivity contribution in [3.8, 4) is 0 Å². The Bertz CT molecular complexity index is 579. The highest BCUT2D eigenvalue weighted by Crippen LogP contribution is 2.38. The van der Waals surface area contributed by atoms with E-state index in [0.29, 0.717) is 6.04 Å². The van der Waals surface area contributed by atoms with Crippen molar-refractivity contribution in [1.82, 2.24) is 4.98 Å². The van der Waals surface area contributed by atoms with Crippen LogP contribution in [0.15, 0.2) is 28.2 Å². The smallest absolute Gasteiger partial charge is 0.143 e. The van der Waals surface area contributed by atoms with Gasteiger partial charge in [-0.15, -0.1) is 11.3 Å². The van der Waals surface area contributed by atoms with Gasteiger partial charge < -0.3 is 4.90 Å². The van der Waals surface area contributed by atoms with Gasteiger partial charge in [0.05, 0.1) is 10.5 Å². The van der Waals surface area contributed by atoms with Gasteiger partial charge in [0.1, 0.15) is 5.82 Å². The van der Waals surface area contributed by atoms with Crippen LogP contribution in [-0.4, -0.2) is 11.5 Å². The third kappa shape index (κ3) is 1.88. The second-order valence-corrected chi connectivity index (χ2v) is 6.48. The molecule has 0 fully saturated rings. The molecule has 1 aliphatic rings. The van der Waals surface area contributed by atoms with Crippen molar-refractivity contribution in [2.75, 3.05) is 11.4 Å². The zero-order valence-electron chi connectivity index (χ0n) is 10.5. The van der Waals surface area contributed by atoms with E-state index in [1.165, 1.54) is 16.0 Å². The molecule has 0 saturated carbocycles. The van der Waals surface area contributed by atoms with Gasteiger partial charge in [-0.25, -0.2) is 4.98 Å². The van der Waals surface area contributed by atoms with Gasteiger partial charge in [-0.3, -0.25) is 0 Å². The molecular weight excluding hydrogens is 308 g/mol. The Balaban J connectivity index is 2.02. The Hall–Kier alpha value is -0.870. The first-order valence-corrected chi connectivity index (χ1v) is 7.79. The minimum absolute atomic E-state index is 0.408. The maximum atomic E-state index is 4.55. The standard InChI is InChI=1S/C14H15BrN2S/c1-9-3-6-16-14(13(9)15)17-7-4-12-11(10(17)2)5-8-18-12/h3,5-6,8,10H,4,7H2,1-2H3. The summed E-state index contributed by atoms with van der Waals surface area (Å²) < 4.78 is 1.12. The number of rotatable bonds is 1. The van der Waals surface area contributed by atoms with E-state index < -0.39 is 0 Å². The van der Waals surface area contributed by atoms with Crippen molar-refractivity contribution in [2.24, 2.45) is 0 Å². The van der Waals surface area contributed by atoms with Crippen molar-refractivity contribution >= 4 is 33.1 Å². The van der Waals surface area contributed by atoms with Crippen molar-refractivity contribution in [1.29, 1.82) is 0 Å². The molecule has 4 heteroatoms. The van der Waals surface area contributed by atoms with Gasteiger partial charge in [-0.05, 0) is 64.8 Å². The SMILES string of the molecule is Cc1ccnc(N2CCc3sccc3C2C)c1Br.